The molecule has 0 saturated heterocycles. The van der Waals surface area contributed by atoms with Gasteiger partial charge in [0.05, 0.1) is 0 Å². The molecule has 0 saturated carbocycles. The number of rotatable bonds is 3. The third-order valence-corrected chi connectivity index (χ3v) is 2.64. The summed E-state index contributed by atoms with van der Waals surface area (Å²) in [5.41, 5.74) is -0.128. The average molecular weight is 242 g/mol. The van der Waals surface area contributed by atoms with Crippen molar-refractivity contribution in [3.63, 3.8) is 0 Å². The van der Waals surface area contributed by atoms with Crippen molar-refractivity contribution in [2.24, 2.45) is 0 Å². The second-order valence-electron chi connectivity index (χ2n) is 5.30. The van der Waals surface area contributed by atoms with Crippen LogP contribution in [0.1, 0.15) is 52.5 Å². The Morgan fingerprint density at radius 3 is 2.24 bits per heavy atom. The van der Waals surface area contributed by atoms with E-state index in [1.807, 2.05) is 13.8 Å². The summed E-state index contributed by atoms with van der Waals surface area (Å²) in [7, 11) is 0. The van der Waals surface area contributed by atoms with Gasteiger partial charge in [-0.15, -0.1) is 0 Å². The minimum Gasteiger partial charge on any atom is -0.485 e. The van der Waals surface area contributed by atoms with Crippen LogP contribution in [0.2, 0.25) is 0 Å². The normalized spacial score (nSPS) is 13.6. The zero-order chi connectivity index (χ0) is 13.2. The minimum atomic E-state index is -0.891. The largest absolute Gasteiger partial charge is 0.485 e. The van der Waals surface area contributed by atoms with E-state index in [-0.39, 0.29) is 11.7 Å². The summed E-state index contributed by atoms with van der Waals surface area (Å²) in [4.78, 5) is 0. The molecular weight excluding hydrogens is 222 g/mol. The Balaban J connectivity index is 3.11. The second kappa shape index (κ2) is 5.03. The molecule has 0 aliphatic rings. The van der Waals surface area contributed by atoms with Gasteiger partial charge in [0.2, 0.25) is 5.82 Å². The third-order valence-electron chi connectivity index (χ3n) is 2.64. The van der Waals surface area contributed by atoms with Gasteiger partial charge in [-0.1, -0.05) is 19.9 Å². The average Bonchev–Trinajstić information content (AvgIpc) is 2.22. The van der Waals surface area contributed by atoms with E-state index in [0.717, 1.165) is 6.42 Å². The number of hydrogen-bond acceptors (Lipinski definition) is 1. The Bertz CT molecular complexity index is 394. The molecule has 17 heavy (non-hydrogen) atoms. The van der Waals surface area contributed by atoms with Crippen molar-refractivity contribution in [1.82, 2.24) is 0 Å². The SMILES string of the molecule is CCC(C)c1ccc(OC(C)(C)C)c(F)c1F. The highest BCUT2D eigenvalue weighted by Crippen LogP contribution is 2.30. The summed E-state index contributed by atoms with van der Waals surface area (Å²) in [5.74, 6) is -1.70. The van der Waals surface area contributed by atoms with Crippen molar-refractivity contribution in [2.45, 2.75) is 52.6 Å². The molecule has 1 unspecified atom stereocenters. The van der Waals surface area contributed by atoms with Gasteiger partial charge < -0.3 is 4.74 Å². The molecule has 0 aliphatic carbocycles. The van der Waals surface area contributed by atoms with Crippen LogP contribution in [-0.4, -0.2) is 5.60 Å². The first kappa shape index (κ1) is 13.9. The number of benzene rings is 1. The molecule has 0 spiro atoms. The molecule has 3 heteroatoms. The molecule has 0 amide bonds. The maximum absolute atomic E-state index is 13.8. The Kier molecular flexibility index (Phi) is 4.12. The van der Waals surface area contributed by atoms with E-state index >= 15 is 0 Å². The summed E-state index contributed by atoms with van der Waals surface area (Å²) in [5, 5.41) is 0. The van der Waals surface area contributed by atoms with Crippen molar-refractivity contribution < 1.29 is 13.5 Å². The molecule has 1 rings (SSSR count). The molecule has 0 radical (unpaired) electrons. The fourth-order valence-electron chi connectivity index (χ4n) is 1.56. The highest BCUT2D eigenvalue weighted by atomic mass is 19.2. The topological polar surface area (TPSA) is 9.23 Å². The van der Waals surface area contributed by atoms with E-state index in [1.54, 1.807) is 26.8 Å². The molecule has 1 aromatic rings. The molecule has 0 aliphatic heterocycles. The standard InChI is InChI=1S/C14H20F2O/c1-6-9(2)10-7-8-11(13(16)12(10)15)17-14(3,4)5/h7-9H,6H2,1-5H3. The summed E-state index contributed by atoms with van der Waals surface area (Å²) in [6, 6.07) is 3.11. The molecule has 96 valence electrons. The Morgan fingerprint density at radius 2 is 1.76 bits per heavy atom. The van der Waals surface area contributed by atoms with Gasteiger partial charge in [-0.3, -0.25) is 0 Å². The van der Waals surface area contributed by atoms with Gasteiger partial charge in [-0.25, -0.2) is 4.39 Å². The van der Waals surface area contributed by atoms with Crippen molar-refractivity contribution >= 4 is 0 Å². The van der Waals surface area contributed by atoms with Crippen LogP contribution < -0.4 is 4.74 Å². The van der Waals surface area contributed by atoms with Crippen LogP contribution in [0.15, 0.2) is 12.1 Å². The molecule has 0 N–H and O–H groups in total. The molecular formula is C14H20F2O. The van der Waals surface area contributed by atoms with Crippen molar-refractivity contribution in [1.29, 1.82) is 0 Å². The Labute approximate surface area is 102 Å². The van der Waals surface area contributed by atoms with Crippen LogP contribution in [-0.2, 0) is 0 Å². The van der Waals surface area contributed by atoms with Gasteiger partial charge >= 0.3 is 0 Å². The van der Waals surface area contributed by atoms with Crippen LogP contribution in [0.5, 0.6) is 5.75 Å². The Morgan fingerprint density at radius 1 is 1.18 bits per heavy atom. The van der Waals surface area contributed by atoms with E-state index < -0.39 is 17.2 Å². The first-order chi connectivity index (χ1) is 7.76. The first-order valence-electron chi connectivity index (χ1n) is 5.93. The first-order valence-corrected chi connectivity index (χ1v) is 5.93. The lowest BCUT2D eigenvalue weighted by molar-refractivity contribution is 0.123. The van der Waals surface area contributed by atoms with Gasteiger partial charge in [-0.2, -0.15) is 4.39 Å². The summed E-state index contributed by atoms with van der Waals surface area (Å²) < 4.78 is 33.0. The van der Waals surface area contributed by atoms with Crippen molar-refractivity contribution in [3.05, 3.63) is 29.3 Å². The van der Waals surface area contributed by atoms with Gasteiger partial charge in [0.1, 0.15) is 5.60 Å². The molecule has 0 heterocycles. The van der Waals surface area contributed by atoms with Crippen LogP contribution in [0.3, 0.4) is 0 Å². The van der Waals surface area contributed by atoms with Crippen LogP contribution in [0.25, 0.3) is 0 Å². The Hall–Kier alpha value is -1.12. The highest BCUT2D eigenvalue weighted by Gasteiger charge is 2.21. The van der Waals surface area contributed by atoms with E-state index in [2.05, 4.69) is 0 Å². The lowest BCUT2D eigenvalue weighted by Crippen LogP contribution is -2.24. The third kappa shape index (κ3) is 3.42. The zero-order valence-electron chi connectivity index (χ0n) is 11.1. The molecule has 1 nitrogen and oxygen atoms in total. The van der Waals surface area contributed by atoms with Gasteiger partial charge in [0.25, 0.3) is 0 Å². The second-order valence-corrected chi connectivity index (χ2v) is 5.30. The van der Waals surface area contributed by atoms with Crippen molar-refractivity contribution in [2.75, 3.05) is 0 Å². The monoisotopic (exact) mass is 242 g/mol. The van der Waals surface area contributed by atoms with Crippen molar-refractivity contribution in [3.8, 4) is 5.75 Å². The lowest BCUT2D eigenvalue weighted by Gasteiger charge is -2.22. The maximum atomic E-state index is 13.8. The lowest BCUT2D eigenvalue weighted by atomic mass is 9.98. The van der Waals surface area contributed by atoms with E-state index in [1.165, 1.54) is 6.07 Å². The van der Waals surface area contributed by atoms with Crippen LogP contribution >= 0.6 is 0 Å². The quantitative estimate of drug-likeness (QED) is 0.749. The predicted molar refractivity (Wildman–Crippen MR) is 65.4 cm³/mol. The summed E-state index contributed by atoms with van der Waals surface area (Å²) in [6.45, 7) is 9.22. The fraction of sp³-hybridized carbons (Fsp3) is 0.571. The van der Waals surface area contributed by atoms with E-state index in [9.17, 15) is 8.78 Å². The number of ether oxygens (including phenoxy) is 1. The molecule has 0 aromatic heterocycles. The van der Waals surface area contributed by atoms with Crippen LogP contribution in [0, 0.1) is 11.6 Å². The van der Waals surface area contributed by atoms with Gasteiger partial charge in [0, 0.05) is 0 Å². The zero-order valence-corrected chi connectivity index (χ0v) is 11.1. The summed E-state index contributed by atoms with van der Waals surface area (Å²) >= 11 is 0. The summed E-state index contributed by atoms with van der Waals surface area (Å²) in [6.07, 6.45) is 0.774. The number of hydrogen-bond donors (Lipinski definition) is 0. The maximum Gasteiger partial charge on any atom is 0.200 e. The minimum absolute atomic E-state index is 0.00758. The van der Waals surface area contributed by atoms with Gasteiger partial charge in [0.15, 0.2) is 11.6 Å². The van der Waals surface area contributed by atoms with Crippen LogP contribution in [0.4, 0.5) is 8.78 Å². The van der Waals surface area contributed by atoms with Gasteiger partial charge in [-0.05, 0) is 44.7 Å². The fourth-order valence-corrected chi connectivity index (χ4v) is 1.56. The molecule has 1 aromatic carbocycles. The highest BCUT2D eigenvalue weighted by molar-refractivity contribution is 5.33. The molecule has 0 fully saturated rings. The predicted octanol–water partition coefficient (Wildman–Crippen LogP) is 4.66. The molecule has 1 atom stereocenters. The smallest absolute Gasteiger partial charge is 0.200 e. The number of halogens is 2. The van der Waals surface area contributed by atoms with E-state index in [4.69, 9.17) is 4.74 Å². The van der Waals surface area contributed by atoms with E-state index in [0.29, 0.717) is 5.56 Å². The molecule has 0 bridgehead atoms.